The molecule has 2 bridgehead atoms. The Hall–Kier alpha value is -4.83. The van der Waals surface area contributed by atoms with Gasteiger partial charge < -0.3 is 35.7 Å². The van der Waals surface area contributed by atoms with E-state index >= 15 is 0 Å². The topological polar surface area (TPSA) is 190 Å². The number of nitrogens with zero attached hydrogens (tertiary/aromatic N) is 1. The molecule has 256 valence electrons. The van der Waals surface area contributed by atoms with Crippen LogP contribution in [0.15, 0.2) is 82.8 Å². The number of carbonyl (C=O) groups excluding carboxylic acids is 4. The van der Waals surface area contributed by atoms with E-state index in [-0.39, 0.29) is 41.4 Å². The number of nitrogens with one attached hydrogen (secondary N) is 2. The highest BCUT2D eigenvalue weighted by Crippen LogP contribution is 2.29. The van der Waals surface area contributed by atoms with Crippen LogP contribution in [0.25, 0.3) is 0 Å². The van der Waals surface area contributed by atoms with E-state index in [1.165, 1.54) is 20.3 Å². The third-order valence-electron chi connectivity index (χ3n) is 8.35. The maximum atomic E-state index is 13.9. The summed E-state index contributed by atoms with van der Waals surface area (Å²) in [5.74, 6) is -2.31. The highest BCUT2D eigenvalue weighted by molar-refractivity contribution is 6.23. The van der Waals surface area contributed by atoms with Gasteiger partial charge in [0.25, 0.3) is 5.91 Å². The molecule has 0 spiro atoms. The molecule has 2 amide bonds. The Balaban J connectivity index is 2.05. The van der Waals surface area contributed by atoms with Crippen molar-refractivity contribution in [3.8, 4) is 6.07 Å². The van der Waals surface area contributed by atoms with Crippen LogP contribution in [0.1, 0.15) is 51.7 Å². The van der Waals surface area contributed by atoms with Crippen molar-refractivity contribution in [2.45, 2.75) is 71.5 Å². The molecule has 1 aromatic rings. The molecule has 0 saturated carbocycles. The maximum Gasteiger partial charge on any atom is 0.405 e. The average molecular weight is 661 g/mol. The van der Waals surface area contributed by atoms with Gasteiger partial charge in [0.1, 0.15) is 6.10 Å². The SMILES string of the molecule is CO[C@H]1/C=C\C=C(/C)C(=O)NC2=CC(=O)C(NCc3ccc(C#N)cc3)=C(C[C@@H](C)C[C@H](OC)[C@H](O)[C@@H](C)/C=C(\C)[C@@H]1OC(N)=O)C2=O. The zero-order chi connectivity index (χ0) is 35.5. The Kier molecular flexibility index (Phi) is 13.6. The summed E-state index contributed by atoms with van der Waals surface area (Å²) in [6.45, 7) is 7.16. The summed E-state index contributed by atoms with van der Waals surface area (Å²) in [7, 11) is 2.91. The van der Waals surface area contributed by atoms with Gasteiger partial charge in [-0.1, -0.05) is 50.3 Å². The van der Waals surface area contributed by atoms with E-state index in [0.717, 1.165) is 11.6 Å². The fraction of sp³-hybridized carbons (Fsp3) is 0.417. The number of carbonyl (C=O) groups is 4. The maximum absolute atomic E-state index is 13.9. The molecule has 12 nitrogen and oxygen atoms in total. The highest BCUT2D eigenvalue weighted by Gasteiger charge is 2.33. The Morgan fingerprint density at radius 3 is 2.42 bits per heavy atom. The first kappa shape index (κ1) is 37.6. The summed E-state index contributed by atoms with van der Waals surface area (Å²) < 4.78 is 16.7. The van der Waals surface area contributed by atoms with E-state index in [1.807, 2.05) is 6.92 Å². The van der Waals surface area contributed by atoms with Gasteiger partial charge in [-0.15, -0.1) is 0 Å². The number of primary amides is 1. The van der Waals surface area contributed by atoms with Crippen molar-refractivity contribution in [3.63, 3.8) is 0 Å². The first-order valence-electron chi connectivity index (χ1n) is 15.6. The minimum Gasteiger partial charge on any atom is -0.439 e. The van der Waals surface area contributed by atoms with Crippen molar-refractivity contribution in [2.75, 3.05) is 14.2 Å². The molecule has 12 heteroatoms. The molecule has 3 rings (SSSR count). The van der Waals surface area contributed by atoms with E-state index in [9.17, 15) is 24.3 Å². The lowest BCUT2D eigenvalue weighted by atomic mass is 9.85. The fourth-order valence-corrected chi connectivity index (χ4v) is 5.67. The first-order valence-corrected chi connectivity index (χ1v) is 15.6. The Morgan fingerprint density at radius 1 is 1.12 bits per heavy atom. The lowest BCUT2D eigenvalue weighted by Gasteiger charge is -2.30. The smallest absolute Gasteiger partial charge is 0.405 e. The number of aliphatic hydroxyl groups is 1. The summed E-state index contributed by atoms with van der Waals surface area (Å²) in [4.78, 5) is 52.3. The van der Waals surface area contributed by atoms with Gasteiger partial charge >= 0.3 is 6.09 Å². The number of nitriles is 1. The number of hydrogen-bond acceptors (Lipinski definition) is 10. The van der Waals surface area contributed by atoms with Gasteiger partial charge in [-0.2, -0.15) is 5.26 Å². The van der Waals surface area contributed by atoms with Crippen LogP contribution in [0, 0.1) is 23.2 Å². The monoisotopic (exact) mass is 660 g/mol. The molecule has 1 aliphatic carbocycles. The second kappa shape index (κ2) is 17.4. The number of benzene rings is 1. The van der Waals surface area contributed by atoms with E-state index < -0.39 is 53.9 Å². The Labute approximate surface area is 281 Å². The minimum absolute atomic E-state index is 0.114. The van der Waals surface area contributed by atoms with Crippen LogP contribution in [0.2, 0.25) is 0 Å². The molecule has 0 saturated heterocycles. The lowest BCUT2D eigenvalue weighted by Crippen LogP contribution is -2.37. The quantitative estimate of drug-likeness (QED) is 0.260. The molecular weight excluding hydrogens is 616 g/mol. The molecule has 48 heavy (non-hydrogen) atoms. The van der Waals surface area contributed by atoms with Crippen LogP contribution >= 0.6 is 0 Å². The minimum atomic E-state index is -1.01. The van der Waals surface area contributed by atoms with Crippen molar-refractivity contribution in [2.24, 2.45) is 17.6 Å². The average Bonchev–Trinajstić information content (AvgIpc) is 3.05. The molecule has 5 N–H and O–H groups in total. The molecule has 2 aliphatic rings. The van der Waals surface area contributed by atoms with E-state index in [2.05, 4.69) is 16.7 Å². The van der Waals surface area contributed by atoms with Gasteiger partial charge in [-0.05, 0) is 55.9 Å². The number of aliphatic hydroxyl groups excluding tert-OH is 1. The third-order valence-corrected chi connectivity index (χ3v) is 8.35. The predicted octanol–water partition coefficient (Wildman–Crippen LogP) is 3.42. The van der Waals surface area contributed by atoms with E-state index in [0.29, 0.717) is 17.6 Å². The summed E-state index contributed by atoms with van der Waals surface area (Å²) in [5.41, 5.74) is 7.60. The van der Waals surface area contributed by atoms with Crippen molar-refractivity contribution in [1.29, 1.82) is 5.26 Å². The molecule has 0 radical (unpaired) electrons. The van der Waals surface area contributed by atoms with Crippen LogP contribution in [0.4, 0.5) is 4.79 Å². The van der Waals surface area contributed by atoms with Crippen molar-refractivity contribution in [1.82, 2.24) is 10.6 Å². The summed E-state index contributed by atoms with van der Waals surface area (Å²) in [6, 6.07) is 8.90. The number of ether oxygens (including phenoxy) is 3. The number of methoxy groups -OCH3 is 2. The second-order valence-electron chi connectivity index (χ2n) is 12.1. The van der Waals surface area contributed by atoms with Crippen LogP contribution in [0.5, 0.6) is 0 Å². The van der Waals surface area contributed by atoms with Crippen LogP contribution < -0.4 is 16.4 Å². The number of amides is 2. The van der Waals surface area contributed by atoms with Gasteiger partial charge in [0.15, 0.2) is 6.10 Å². The number of rotatable bonds is 6. The molecule has 1 aromatic carbocycles. The Bertz CT molecular complexity index is 1580. The zero-order valence-corrected chi connectivity index (χ0v) is 28.1. The molecule has 0 unspecified atom stereocenters. The number of allylic oxidation sites excluding steroid dienone is 4. The zero-order valence-electron chi connectivity index (χ0n) is 28.1. The van der Waals surface area contributed by atoms with Crippen molar-refractivity contribution < 1.29 is 38.5 Å². The highest BCUT2D eigenvalue weighted by atomic mass is 16.6. The molecule has 6 atom stereocenters. The third kappa shape index (κ3) is 9.84. The number of nitrogens with two attached hydrogens (primary N) is 1. The summed E-state index contributed by atoms with van der Waals surface area (Å²) in [6.07, 6.45) is 3.54. The van der Waals surface area contributed by atoms with Gasteiger partial charge in [-0.3, -0.25) is 14.4 Å². The normalized spacial score (nSPS) is 29.0. The number of hydrogen-bond donors (Lipinski definition) is 4. The van der Waals surface area contributed by atoms with E-state index in [4.69, 9.17) is 25.2 Å². The van der Waals surface area contributed by atoms with Crippen LogP contribution in [0.3, 0.4) is 0 Å². The molecule has 1 aliphatic heterocycles. The summed E-state index contributed by atoms with van der Waals surface area (Å²) in [5, 5.41) is 26.1. The fourth-order valence-electron chi connectivity index (χ4n) is 5.67. The Morgan fingerprint density at radius 2 is 1.81 bits per heavy atom. The van der Waals surface area contributed by atoms with Crippen molar-refractivity contribution in [3.05, 3.63) is 93.9 Å². The molecule has 0 fully saturated rings. The van der Waals surface area contributed by atoms with E-state index in [1.54, 1.807) is 63.3 Å². The number of ketones is 2. The van der Waals surface area contributed by atoms with Gasteiger partial charge in [-0.25, -0.2) is 4.79 Å². The summed E-state index contributed by atoms with van der Waals surface area (Å²) >= 11 is 0. The number of Topliss-reactive ketones (excluding diaryl/α,β-unsaturated/α-hetero) is 1. The van der Waals surface area contributed by atoms with Crippen molar-refractivity contribution >= 4 is 23.6 Å². The number of fused-ring (bicyclic) bond motifs is 2. The largest absolute Gasteiger partial charge is 0.439 e. The predicted molar refractivity (Wildman–Crippen MR) is 178 cm³/mol. The second-order valence-corrected chi connectivity index (χ2v) is 12.1. The van der Waals surface area contributed by atoms with Gasteiger partial charge in [0, 0.05) is 43.9 Å². The molecule has 0 aromatic heterocycles. The van der Waals surface area contributed by atoms with Crippen LogP contribution in [-0.2, 0) is 35.1 Å². The molecule has 1 heterocycles. The lowest BCUT2D eigenvalue weighted by molar-refractivity contribution is -0.120. The standard InChI is InChI=1S/C36H44N4O8/c1-20-14-26-31(39-19-25-12-10-24(18-37)11-13-25)28(41)17-27(33(26)43)40-35(44)21(2)8-7-9-29(46-5)34(48-36(38)45)23(4)16-22(3)32(42)30(15-20)47-6/h7-13,16-17,20,22,29-30,32,34,39,42H,14-15,19H2,1-6H3,(H2,38,45)(H,40,44)/b9-7-,21-8+,23-16+/t20-,22+,29+,30+,32-,34+/m1/s1. The first-order chi connectivity index (χ1) is 22.8. The molecular formula is C36H44N4O8. The van der Waals surface area contributed by atoms with Gasteiger partial charge in [0.2, 0.25) is 11.6 Å². The van der Waals surface area contributed by atoms with Gasteiger partial charge in [0.05, 0.1) is 35.2 Å². The van der Waals surface area contributed by atoms with Crippen LogP contribution in [-0.4, -0.2) is 67.3 Å².